The van der Waals surface area contributed by atoms with Crippen molar-refractivity contribution in [1.82, 2.24) is 19.7 Å². The summed E-state index contributed by atoms with van der Waals surface area (Å²) in [5, 5.41) is 9.94. The summed E-state index contributed by atoms with van der Waals surface area (Å²) in [6, 6.07) is 17.0. The maximum atomic E-state index is 14.5. The number of benzene rings is 2. The lowest BCUT2D eigenvalue weighted by molar-refractivity contribution is -0.122. The van der Waals surface area contributed by atoms with Crippen molar-refractivity contribution >= 4 is 17.7 Å². The van der Waals surface area contributed by atoms with Gasteiger partial charge in [0.25, 0.3) is 0 Å². The molecule has 0 spiro atoms. The molecular weight excluding hydrogens is 605 g/mol. The van der Waals surface area contributed by atoms with Crippen LogP contribution in [0.5, 0.6) is 11.6 Å². The Balaban J connectivity index is 1.27. The average Bonchev–Trinajstić information content (AvgIpc) is 3.06. The van der Waals surface area contributed by atoms with E-state index in [0.29, 0.717) is 56.6 Å². The van der Waals surface area contributed by atoms with Gasteiger partial charge >= 0.3 is 6.09 Å². The first kappa shape index (κ1) is 32.7. The number of hydrogen-bond acceptors (Lipinski definition) is 8. The van der Waals surface area contributed by atoms with Crippen LogP contribution in [0.4, 0.5) is 14.9 Å². The summed E-state index contributed by atoms with van der Waals surface area (Å²) in [5.74, 6) is 0.601. The zero-order chi connectivity index (χ0) is 32.9. The minimum Gasteiger partial charge on any atom is -0.491 e. The molecule has 1 aromatic heterocycles. The van der Waals surface area contributed by atoms with Crippen LogP contribution >= 0.6 is 0 Å². The number of pyridine rings is 1. The number of para-hydroxylation sites is 1. The predicted octanol–water partition coefficient (Wildman–Crippen LogP) is 3.76. The van der Waals surface area contributed by atoms with E-state index in [0.717, 1.165) is 17.7 Å². The average molecular weight is 648 g/mol. The zero-order valence-electron chi connectivity index (χ0n) is 26.8. The van der Waals surface area contributed by atoms with Gasteiger partial charge in [-0.2, -0.15) is 0 Å². The van der Waals surface area contributed by atoms with Gasteiger partial charge < -0.3 is 24.2 Å². The molecule has 3 aliphatic rings. The quantitative estimate of drug-likeness (QED) is 0.372. The third-order valence-electron chi connectivity index (χ3n) is 9.19. The molecule has 3 aliphatic heterocycles. The number of carbonyl (C=O) groups is 2. The van der Waals surface area contributed by atoms with Crippen molar-refractivity contribution in [3.05, 3.63) is 83.8 Å². The molecule has 2 fully saturated rings. The number of halogens is 1. The van der Waals surface area contributed by atoms with Gasteiger partial charge in [-0.15, -0.1) is 0 Å². The molecule has 4 heterocycles. The minimum atomic E-state index is -0.955. The summed E-state index contributed by atoms with van der Waals surface area (Å²) < 4.78 is 31.4. The normalized spacial score (nSPS) is 23.6. The van der Waals surface area contributed by atoms with E-state index in [4.69, 9.17) is 14.2 Å². The lowest BCUT2D eigenvalue weighted by atomic mass is 10.0. The molecule has 1 N–H and O–H groups in total. The Labute approximate surface area is 274 Å². The van der Waals surface area contributed by atoms with E-state index in [1.165, 1.54) is 17.0 Å². The standard InChI is InChI=1S/C35H42FN5O6/c1-24-17-39(29(19-40(24)35(43)44)18-38-12-13-45-21-25(38)2)20-33(42)41-30(22-46-31-6-4-3-5-7-31)23-47-34-32(41)15-27(16-37-34)14-26-8-10-28(36)11-9-26/h3-11,15-16,24-25,29-30H,12-14,17-23H2,1-2H3,(H,43,44)/t24-,25-,29+,30+/m1/s1. The van der Waals surface area contributed by atoms with E-state index in [1.807, 2.05) is 43.3 Å². The fourth-order valence-electron chi connectivity index (χ4n) is 6.61. The fourth-order valence-corrected chi connectivity index (χ4v) is 6.61. The Morgan fingerprint density at radius 2 is 1.77 bits per heavy atom. The lowest BCUT2D eigenvalue weighted by Crippen LogP contribution is -2.64. The third kappa shape index (κ3) is 7.83. The smallest absolute Gasteiger partial charge is 0.407 e. The van der Waals surface area contributed by atoms with Gasteiger partial charge in [0.15, 0.2) is 0 Å². The summed E-state index contributed by atoms with van der Waals surface area (Å²) in [6.07, 6.45) is 1.27. The molecule has 12 heteroatoms. The number of hydrogen-bond donors (Lipinski definition) is 1. The van der Waals surface area contributed by atoms with Crippen molar-refractivity contribution in [2.75, 3.05) is 64.1 Å². The summed E-state index contributed by atoms with van der Waals surface area (Å²) >= 11 is 0. The van der Waals surface area contributed by atoms with Crippen LogP contribution < -0.4 is 14.4 Å². The number of ether oxygens (including phenoxy) is 3. The number of aromatic nitrogens is 1. The van der Waals surface area contributed by atoms with Crippen LogP contribution in [-0.2, 0) is 16.0 Å². The summed E-state index contributed by atoms with van der Waals surface area (Å²) in [6.45, 7) is 7.82. The molecule has 0 bridgehead atoms. The minimum absolute atomic E-state index is 0.0879. The van der Waals surface area contributed by atoms with Gasteiger partial charge in [0.2, 0.25) is 11.8 Å². The van der Waals surface area contributed by atoms with E-state index >= 15 is 0 Å². The van der Waals surface area contributed by atoms with Crippen molar-refractivity contribution < 1.29 is 33.3 Å². The summed E-state index contributed by atoms with van der Waals surface area (Å²) in [4.78, 5) is 38.9. The highest BCUT2D eigenvalue weighted by atomic mass is 19.1. The molecule has 0 saturated carbocycles. The molecule has 0 radical (unpaired) electrons. The lowest BCUT2D eigenvalue weighted by Gasteiger charge is -2.47. The van der Waals surface area contributed by atoms with E-state index < -0.39 is 12.1 Å². The van der Waals surface area contributed by atoms with Crippen LogP contribution in [0.1, 0.15) is 25.0 Å². The molecule has 11 nitrogen and oxygen atoms in total. The first-order valence-electron chi connectivity index (χ1n) is 16.2. The van der Waals surface area contributed by atoms with Crippen molar-refractivity contribution in [3.8, 4) is 11.6 Å². The molecule has 2 aromatic carbocycles. The Kier molecular flexibility index (Phi) is 10.2. The fraction of sp³-hybridized carbons (Fsp3) is 0.457. The Bertz CT molecular complexity index is 1530. The number of rotatable bonds is 9. The zero-order valence-corrected chi connectivity index (χ0v) is 26.8. The van der Waals surface area contributed by atoms with Gasteiger partial charge in [-0.05, 0) is 61.7 Å². The second kappa shape index (κ2) is 14.7. The van der Waals surface area contributed by atoms with Gasteiger partial charge in [0.05, 0.1) is 19.8 Å². The van der Waals surface area contributed by atoms with Crippen LogP contribution in [-0.4, -0.2) is 120 Å². The Hall–Kier alpha value is -4.26. The monoisotopic (exact) mass is 647 g/mol. The van der Waals surface area contributed by atoms with Gasteiger partial charge in [-0.3, -0.25) is 19.5 Å². The molecule has 4 atom stereocenters. The van der Waals surface area contributed by atoms with Crippen LogP contribution in [0.2, 0.25) is 0 Å². The van der Waals surface area contributed by atoms with Crippen molar-refractivity contribution in [3.63, 3.8) is 0 Å². The molecule has 0 unspecified atom stereocenters. The van der Waals surface area contributed by atoms with Gasteiger partial charge in [0.1, 0.15) is 36.5 Å². The molecule has 47 heavy (non-hydrogen) atoms. The number of carboxylic acid groups (broad SMARTS) is 1. The van der Waals surface area contributed by atoms with Crippen molar-refractivity contribution in [2.45, 2.75) is 44.4 Å². The van der Waals surface area contributed by atoms with E-state index in [-0.39, 0.29) is 49.6 Å². The predicted molar refractivity (Wildman–Crippen MR) is 174 cm³/mol. The van der Waals surface area contributed by atoms with Crippen LogP contribution in [0, 0.1) is 5.82 Å². The van der Waals surface area contributed by atoms with Gasteiger partial charge in [-0.25, -0.2) is 14.2 Å². The number of amides is 2. The number of nitrogens with zero attached hydrogens (tertiary/aromatic N) is 5. The largest absolute Gasteiger partial charge is 0.491 e. The number of carbonyl (C=O) groups excluding carboxylic acids is 1. The molecule has 2 amide bonds. The maximum Gasteiger partial charge on any atom is 0.407 e. The van der Waals surface area contributed by atoms with E-state index in [2.05, 4.69) is 21.7 Å². The van der Waals surface area contributed by atoms with Gasteiger partial charge in [-0.1, -0.05) is 30.3 Å². The molecule has 250 valence electrons. The number of anilines is 1. The molecular formula is C35H42FN5O6. The first-order valence-corrected chi connectivity index (χ1v) is 16.2. The summed E-state index contributed by atoms with van der Waals surface area (Å²) in [7, 11) is 0. The van der Waals surface area contributed by atoms with Crippen LogP contribution in [0.15, 0.2) is 66.9 Å². The van der Waals surface area contributed by atoms with Crippen LogP contribution in [0.25, 0.3) is 0 Å². The van der Waals surface area contributed by atoms with E-state index in [9.17, 15) is 19.1 Å². The Morgan fingerprint density at radius 3 is 2.51 bits per heavy atom. The van der Waals surface area contributed by atoms with Crippen molar-refractivity contribution in [1.29, 1.82) is 0 Å². The first-order chi connectivity index (χ1) is 22.7. The highest BCUT2D eigenvalue weighted by Gasteiger charge is 2.40. The number of morpholine rings is 1. The second-order valence-corrected chi connectivity index (χ2v) is 12.6. The molecule has 3 aromatic rings. The highest BCUT2D eigenvalue weighted by molar-refractivity contribution is 5.97. The Morgan fingerprint density at radius 1 is 0.979 bits per heavy atom. The number of piperazine rings is 1. The second-order valence-electron chi connectivity index (χ2n) is 12.6. The van der Waals surface area contributed by atoms with Crippen LogP contribution in [0.3, 0.4) is 0 Å². The topological polar surface area (TPSA) is 108 Å². The third-order valence-corrected chi connectivity index (χ3v) is 9.19. The highest BCUT2D eigenvalue weighted by Crippen LogP contribution is 2.34. The molecule has 2 saturated heterocycles. The van der Waals surface area contributed by atoms with Gasteiger partial charge in [0, 0.05) is 50.5 Å². The molecule has 6 rings (SSSR count). The van der Waals surface area contributed by atoms with E-state index in [1.54, 1.807) is 23.2 Å². The summed E-state index contributed by atoms with van der Waals surface area (Å²) in [5.41, 5.74) is 2.32. The number of fused-ring (bicyclic) bond motifs is 1. The SMILES string of the molecule is C[C@@H]1COCCN1C[C@H]1CN(C(=O)O)[C@H](C)CN1CC(=O)N1c2cc(Cc3ccc(F)cc3)cnc2OC[C@@H]1COc1ccccc1. The molecule has 0 aliphatic carbocycles. The maximum absolute atomic E-state index is 14.5. The van der Waals surface area contributed by atoms with Crippen molar-refractivity contribution in [2.24, 2.45) is 0 Å².